The average Bonchev–Trinajstić information content (AvgIpc) is 2.79. The summed E-state index contributed by atoms with van der Waals surface area (Å²) in [5.41, 5.74) is 2.23. The second-order valence-electron chi connectivity index (χ2n) is 8.00. The van der Waals surface area contributed by atoms with Crippen molar-refractivity contribution < 1.29 is 22.7 Å². The van der Waals surface area contributed by atoms with Gasteiger partial charge in [0.05, 0.1) is 0 Å². The van der Waals surface area contributed by atoms with Crippen molar-refractivity contribution in [2.75, 3.05) is 36.4 Å². The molecule has 1 N–H and O–H groups in total. The van der Waals surface area contributed by atoms with Crippen LogP contribution in [0, 0.1) is 13.8 Å². The zero-order valence-corrected chi connectivity index (χ0v) is 18.8. The highest BCUT2D eigenvalue weighted by molar-refractivity contribution is 5.94. The maximum Gasteiger partial charge on any atom is 0.573 e. The monoisotopic (exact) mass is 471 g/mol. The lowest BCUT2D eigenvalue weighted by molar-refractivity contribution is -0.274. The van der Waals surface area contributed by atoms with E-state index in [1.165, 1.54) is 18.2 Å². The van der Waals surface area contributed by atoms with Gasteiger partial charge in [0, 0.05) is 43.5 Å². The number of hydrogen-bond donors (Lipinski definition) is 1. The normalized spacial score (nSPS) is 14.1. The summed E-state index contributed by atoms with van der Waals surface area (Å²) in [6, 6.07) is 15.0. The highest BCUT2D eigenvalue weighted by atomic mass is 19.4. The molecule has 178 valence electrons. The number of ether oxygens (including phenoxy) is 1. The summed E-state index contributed by atoms with van der Waals surface area (Å²) < 4.78 is 41.4. The molecule has 7 nitrogen and oxygen atoms in total. The average molecular weight is 471 g/mol. The Bertz CT molecular complexity index is 1160. The van der Waals surface area contributed by atoms with E-state index in [1.54, 1.807) is 4.90 Å². The molecule has 1 aliphatic rings. The number of amides is 1. The Labute approximate surface area is 195 Å². The summed E-state index contributed by atoms with van der Waals surface area (Å²) in [6.07, 6.45) is -4.81. The first-order valence-corrected chi connectivity index (χ1v) is 10.8. The molecular formula is C24H24F3N5O2. The minimum Gasteiger partial charge on any atom is -0.406 e. The van der Waals surface area contributed by atoms with Crippen LogP contribution in [0.1, 0.15) is 21.7 Å². The molecule has 0 bridgehead atoms. The van der Waals surface area contributed by atoms with Gasteiger partial charge in [0.2, 0.25) is 0 Å². The van der Waals surface area contributed by atoms with Crippen molar-refractivity contribution in [3.8, 4) is 5.75 Å². The zero-order chi connectivity index (χ0) is 24.3. The quantitative estimate of drug-likeness (QED) is 0.582. The number of nitrogens with zero attached hydrogens (tertiary/aromatic N) is 4. The highest BCUT2D eigenvalue weighted by Crippen LogP contribution is 2.25. The number of piperazine rings is 1. The lowest BCUT2D eigenvalue weighted by atomic mass is 10.1. The van der Waals surface area contributed by atoms with Gasteiger partial charge in [0.1, 0.15) is 23.2 Å². The van der Waals surface area contributed by atoms with Gasteiger partial charge >= 0.3 is 6.36 Å². The molecule has 0 unspecified atom stereocenters. The van der Waals surface area contributed by atoms with E-state index in [0.717, 1.165) is 23.1 Å². The number of halogens is 3. The van der Waals surface area contributed by atoms with Crippen molar-refractivity contribution >= 4 is 23.2 Å². The van der Waals surface area contributed by atoms with E-state index in [4.69, 9.17) is 0 Å². The molecule has 1 amide bonds. The van der Waals surface area contributed by atoms with Crippen LogP contribution >= 0.6 is 0 Å². The zero-order valence-electron chi connectivity index (χ0n) is 18.8. The third-order valence-corrected chi connectivity index (χ3v) is 5.35. The molecule has 34 heavy (non-hydrogen) atoms. The fourth-order valence-corrected chi connectivity index (χ4v) is 3.71. The Kier molecular flexibility index (Phi) is 6.58. The molecule has 2 aromatic carbocycles. The Morgan fingerprint density at radius 3 is 2.35 bits per heavy atom. The van der Waals surface area contributed by atoms with E-state index < -0.39 is 12.1 Å². The van der Waals surface area contributed by atoms with Gasteiger partial charge in [0.15, 0.2) is 0 Å². The van der Waals surface area contributed by atoms with Crippen LogP contribution in [0.3, 0.4) is 0 Å². The van der Waals surface area contributed by atoms with Crippen LogP contribution in [0.15, 0.2) is 54.6 Å². The molecule has 0 saturated carbocycles. The Balaban J connectivity index is 1.41. The standard InChI is InChI=1S/C24H24F3N5O2/c1-16-6-8-19(9-7-16)30-21-15-22(29-17(2)28-21)31-10-12-32(13-11-31)23(33)18-4-3-5-20(14-18)34-24(25,26)27/h3-9,14-15H,10-13H2,1-2H3,(H,28,29,30). The molecule has 0 radical (unpaired) electrons. The van der Waals surface area contributed by atoms with Gasteiger partial charge in [-0.3, -0.25) is 4.79 Å². The molecule has 0 spiro atoms. The van der Waals surface area contributed by atoms with Gasteiger partial charge < -0.3 is 19.9 Å². The van der Waals surface area contributed by atoms with Crippen molar-refractivity contribution in [2.24, 2.45) is 0 Å². The summed E-state index contributed by atoms with van der Waals surface area (Å²) >= 11 is 0. The molecule has 0 aliphatic carbocycles. The van der Waals surface area contributed by atoms with E-state index in [0.29, 0.717) is 37.8 Å². The van der Waals surface area contributed by atoms with Crippen molar-refractivity contribution in [1.82, 2.24) is 14.9 Å². The Morgan fingerprint density at radius 2 is 1.68 bits per heavy atom. The van der Waals surface area contributed by atoms with Crippen LogP contribution in [-0.2, 0) is 0 Å². The van der Waals surface area contributed by atoms with Crippen LogP contribution in [0.2, 0.25) is 0 Å². The number of carbonyl (C=O) groups excluding carboxylic acids is 1. The third kappa shape index (κ3) is 5.94. The van der Waals surface area contributed by atoms with Crippen molar-refractivity contribution in [3.63, 3.8) is 0 Å². The minimum absolute atomic E-state index is 0.151. The predicted molar refractivity (Wildman–Crippen MR) is 122 cm³/mol. The fourth-order valence-electron chi connectivity index (χ4n) is 3.71. The minimum atomic E-state index is -4.81. The van der Waals surface area contributed by atoms with E-state index >= 15 is 0 Å². The number of aromatic nitrogens is 2. The number of anilines is 3. The lowest BCUT2D eigenvalue weighted by Crippen LogP contribution is -2.49. The first-order valence-electron chi connectivity index (χ1n) is 10.8. The highest BCUT2D eigenvalue weighted by Gasteiger charge is 2.31. The van der Waals surface area contributed by atoms with Gasteiger partial charge in [-0.15, -0.1) is 13.2 Å². The van der Waals surface area contributed by atoms with E-state index in [9.17, 15) is 18.0 Å². The van der Waals surface area contributed by atoms with Crippen molar-refractivity contribution in [3.05, 3.63) is 71.5 Å². The maximum absolute atomic E-state index is 12.8. The van der Waals surface area contributed by atoms with Crippen molar-refractivity contribution in [2.45, 2.75) is 20.2 Å². The van der Waals surface area contributed by atoms with Gasteiger partial charge in [-0.05, 0) is 44.2 Å². The van der Waals surface area contributed by atoms with Crippen LogP contribution in [0.25, 0.3) is 0 Å². The Morgan fingerprint density at radius 1 is 0.971 bits per heavy atom. The second kappa shape index (κ2) is 9.58. The van der Waals surface area contributed by atoms with Gasteiger partial charge in [-0.2, -0.15) is 0 Å². The van der Waals surface area contributed by atoms with Crippen LogP contribution in [0.5, 0.6) is 5.75 Å². The molecule has 0 atom stereocenters. The van der Waals surface area contributed by atoms with Crippen LogP contribution < -0.4 is 15.0 Å². The molecule has 3 aromatic rings. The molecule has 10 heteroatoms. The predicted octanol–water partition coefficient (Wildman–Crippen LogP) is 4.70. The summed E-state index contributed by atoms with van der Waals surface area (Å²) in [6.45, 7) is 5.73. The van der Waals surface area contributed by atoms with E-state index in [-0.39, 0.29) is 11.5 Å². The van der Waals surface area contributed by atoms with Crippen LogP contribution in [0.4, 0.5) is 30.5 Å². The third-order valence-electron chi connectivity index (χ3n) is 5.35. The summed E-state index contributed by atoms with van der Waals surface area (Å²) in [5, 5.41) is 3.29. The number of benzene rings is 2. The smallest absolute Gasteiger partial charge is 0.406 e. The summed E-state index contributed by atoms with van der Waals surface area (Å²) in [4.78, 5) is 25.5. The number of hydrogen-bond acceptors (Lipinski definition) is 6. The topological polar surface area (TPSA) is 70.6 Å². The first kappa shape index (κ1) is 23.3. The largest absolute Gasteiger partial charge is 0.573 e. The number of carbonyl (C=O) groups is 1. The fraction of sp³-hybridized carbons (Fsp3) is 0.292. The molecule has 1 fully saturated rings. The van der Waals surface area contributed by atoms with Gasteiger partial charge in [-0.25, -0.2) is 9.97 Å². The molecule has 4 rings (SSSR count). The molecule has 2 heterocycles. The number of aryl methyl sites for hydroxylation is 2. The van der Waals surface area contributed by atoms with Gasteiger partial charge in [-0.1, -0.05) is 23.8 Å². The maximum atomic E-state index is 12.8. The summed E-state index contributed by atoms with van der Waals surface area (Å²) in [5.74, 6) is 1.28. The molecule has 1 aliphatic heterocycles. The first-order chi connectivity index (χ1) is 16.2. The van der Waals surface area contributed by atoms with E-state index in [2.05, 4.69) is 24.9 Å². The number of alkyl halides is 3. The second-order valence-corrected chi connectivity index (χ2v) is 8.00. The lowest BCUT2D eigenvalue weighted by Gasteiger charge is -2.35. The SMILES string of the molecule is Cc1ccc(Nc2cc(N3CCN(C(=O)c4cccc(OC(F)(F)F)c4)CC3)nc(C)n2)cc1. The summed E-state index contributed by atoms with van der Waals surface area (Å²) in [7, 11) is 0. The van der Waals surface area contributed by atoms with Crippen molar-refractivity contribution in [1.29, 1.82) is 0 Å². The van der Waals surface area contributed by atoms with E-state index in [1.807, 2.05) is 44.2 Å². The van der Waals surface area contributed by atoms with Crippen LogP contribution in [-0.4, -0.2) is 53.3 Å². The number of rotatable bonds is 5. The number of nitrogens with one attached hydrogen (secondary N) is 1. The molecule has 1 saturated heterocycles. The van der Waals surface area contributed by atoms with Gasteiger partial charge in [0.25, 0.3) is 5.91 Å². The molecular weight excluding hydrogens is 447 g/mol. The molecule has 1 aromatic heterocycles. The Hall–Kier alpha value is -3.82.